The summed E-state index contributed by atoms with van der Waals surface area (Å²) in [7, 11) is 0. The number of Topliss-reactive ketones (excluding diaryl/α,β-unsaturated/α-hetero) is 1. The van der Waals surface area contributed by atoms with Gasteiger partial charge in [-0.05, 0) is 30.6 Å². The third-order valence-electron chi connectivity index (χ3n) is 6.34. The highest BCUT2D eigenvalue weighted by atomic mass is 16.2. The summed E-state index contributed by atoms with van der Waals surface area (Å²) in [6.07, 6.45) is 3.10. The van der Waals surface area contributed by atoms with E-state index in [0.717, 1.165) is 19.3 Å². The van der Waals surface area contributed by atoms with Crippen LogP contribution in [0.2, 0.25) is 0 Å². The molecular weight excluding hydrogens is 372 g/mol. The molecule has 6 N–H and O–H groups in total. The van der Waals surface area contributed by atoms with E-state index < -0.39 is 29.8 Å². The Morgan fingerprint density at radius 3 is 2.17 bits per heavy atom. The minimum Gasteiger partial charge on any atom is -0.363 e. The first-order valence-corrected chi connectivity index (χ1v) is 10.6. The standard InChI is InChI=1S/C21H36N4O4/c1-11(2)13-8-9-25(20(29)17(22)21(3,4)5)15(13)19(28)24-14(10-12-6-7-12)16(26)18(23)27/h11-15,17H,6-10,22H2,1-5H3,(H2,23,27)(H,24,28)/p+1. The van der Waals surface area contributed by atoms with Gasteiger partial charge in [-0.3, -0.25) is 19.2 Å². The summed E-state index contributed by atoms with van der Waals surface area (Å²) in [5.74, 6) is -1.84. The van der Waals surface area contributed by atoms with Crippen LogP contribution >= 0.6 is 0 Å². The van der Waals surface area contributed by atoms with Crippen LogP contribution in [0.25, 0.3) is 0 Å². The fraction of sp³-hybridized carbons (Fsp3) is 0.810. The molecule has 0 radical (unpaired) electrons. The summed E-state index contributed by atoms with van der Waals surface area (Å²) < 4.78 is 0. The molecule has 0 aromatic heterocycles. The minimum absolute atomic E-state index is 0.0172. The number of likely N-dealkylation sites (tertiary alicyclic amines) is 1. The van der Waals surface area contributed by atoms with E-state index in [9.17, 15) is 19.2 Å². The van der Waals surface area contributed by atoms with Crippen molar-refractivity contribution in [1.82, 2.24) is 10.2 Å². The van der Waals surface area contributed by atoms with Gasteiger partial charge in [-0.25, -0.2) is 0 Å². The van der Waals surface area contributed by atoms with Crippen molar-refractivity contribution in [2.24, 2.45) is 28.9 Å². The topological polar surface area (TPSA) is 137 Å². The van der Waals surface area contributed by atoms with E-state index >= 15 is 0 Å². The summed E-state index contributed by atoms with van der Waals surface area (Å²) >= 11 is 0. The molecule has 1 saturated heterocycles. The number of amides is 3. The lowest BCUT2D eigenvalue weighted by molar-refractivity contribution is -0.428. The maximum absolute atomic E-state index is 13.3. The highest BCUT2D eigenvalue weighted by Crippen LogP contribution is 2.35. The second-order valence-corrected chi connectivity index (χ2v) is 10.1. The van der Waals surface area contributed by atoms with Crippen molar-refractivity contribution in [2.45, 2.75) is 78.4 Å². The number of nitrogens with one attached hydrogen (secondary N) is 1. The molecule has 2 fully saturated rings. The van der Waals surface area contributed by atoms with Gasteiger partial charge in [-0.2, -0.15) is 0 Å². The number of nitrogens with zero attached hydrogens (tertiary/aromatic N) is 1. The van der Waals surface area contributed by atoms with Crippen LogP contribution in [0.15, 0.2) is 0 Å². The number of ketones is 1. The molecule has 3 amide bonds. The Morgan fingerprint density at radius 2 is 1.72 bits per heavy atom. The quantitative estimate of drug-likeness (QED) is 0.480. The van der Waals surface area contributed by atoms with E-state index in [1.165, 1.54) is 0 Å². The molecular formula is C21H37N4O4+. The van der Waals surface area contributed by atoms with Crippen LogP contribution < -0.4 is 16.8 Å². The lowest BCUT2D eigenvalue weighted by atomic mass is 9.85. The van der Waals surface area contributed by atoms with Crippen LogP contribution in [0, 0.1) is 23.2 Å². The lowest BCUT2D eigenvalue weighted by Crippen LogP contribution is -2.73. The van der Waals surface area contributed by atoms with Crippen molar-refractivity contribution in [3.05, 3.63) is 0 Å². The molecule has 8 heteroatoms. The Bertz CT molecular complexity index is 666. The summed E-state index contributed by atoms with van der Waals surface area (Å²) in [6, 6.07) is -2.08. The number of nitrogens with two attached hydrogens (primary N) is 1. The van der Waals surface area contributed by atoms with E-state index in [4.69, 9.17) is 5.73 Å². The highest BCUT2D eigenvalue weighted by Gasteiger charge is 2.47. The Kier molecular flexibility index (Phi) is 7.09. The van der Waals surface area contributed by atoms with Crippen LogP contribution in [0.4, 0.5) is 0 Å². The molecule has 1 aliphatic carbocycles. The van der Waals surface area contributed by atoms with Gasteiger partial charge in [0.05, 0.1) is 6.04 Å². The first-order chi connectivity index (χ1) is 13.3. The van der Waals surface area contributed by atoms with Gasteiger partial charge >= 0.3 is 0 Å². The largest absolute Gasteiger partial charge is 0.363 e. The lowest BCUT2D eigenvalue weighted by Gasteiger charge is -2.33. The maximum atomic E-state index is 13.3. The first kappa shape index (κ1) is 23.3. The van der Waals surface area contributed by atoms with E-state index in [2.05, 4.69) is 11.1 Å². The third-order valence-corrected chi connectivity index (χ3v) is 6.34. The summed E-state index contributed by atoms with van der Waals surface area (Å²) in [4.78, 5) is 51.7. The number of hydrogen-bond donors (Lipinski definition) is 3. The number of quaternary nitrogens is 1. The van der Waals surface area contributed by atoms with Crippen LogP contribution in [-0.2, 0) is 19.2 Å². The number of carbonyl (C=O) groups excluding carboxylic acids is 4. The number of carbonyl (C=O) groups is 4. The molecule has 1 aliphatic heterocycles. The first-order valence-electron chi connectivity index (χ1n) is 10.6. The molecule has 0 spiro atoms. The van der Waals surface area contributed by atoms with Crippen LogP contribution in [-0.4, -0.2) is 53.1 Å². The van der Waals surface area contributed by atoms with Gasteiger partial charge in [0.2, 0.25) is 11.7 Å². The average molecular weight is 410 g/mol. The second kappa shape index (κ2) is 8.81. The molecule has 2 aliphatic rings. The highest BCUT2D eigenvalue weighted by molar-refractivity contribution is 6.37. The van der Waals surface area contributed by atoms with Crippen LogP contribution in [0.1, 0.15) is 60.3 Å². The normalized spacial score (nSPS) is 24.3. The zero-order chi connectivity index (χ0) is 22.1. The van der Waals surface area contributed by atoms with Crippen molar-refractivity contribution >= 4 is 23.5 Å². The molecule has 29 heavy (non-hydrogen) atoms. The molecule has 164 valence electrons. The molecule has 1 saturated carbocycles. The number of primary amides is 1. The Labute approximate surface area is 173 Å². The van der Waals surface area contributed by atoms with E-state index in [1.54, 1.807) is 4.90 Å². The Hall–Kier alpha value is -1.96. The second-order valence-electron chi connectivity index (χ2n) is 10.1. The molecule has 2 rings (SSSR count). The van der Waals surface area contributed by atoms with Crippen molar-refractivity contribution in [1.29, 1.82) is 0 Å². The number of rotatable bonds is 8. The third kappa shape index (κ3) is 5.56. The summed E-state index contributed by atoms with van der Waals surface area (Å²) in [6.45, 7) is 10.4. The van der Waals surface area contributed by atoms with Gasteiger partial charge in [0.1, 0.15) is 6.04 Å². The van der Waals surface area contributed by atoms with E-state index in [-0.39, 0.29) is 29.1 Å². The van der Waals surface area contributed by atoms with E-state index in [0.29, 0.717) is 18.9 Å². The maximum Gasteiger partial charge on any atom is 0.287 e. The molecule has 4 unspecified atom stereocenters. The van der Waals surface area contributed by atoms with Gasteiger partial charge in [-0.15, -0.1) is 0 Å². The molecule has 8 nitrogen and oxygen atoms in total. The van der Waals surface area contributed by atoms with Crippen molar-refractivity contribution in [2.75, 3.05) is 6.54 Å². The SMILES string of the molecule is CC(C)C1CCN(C(=O)C([NH3+])C(C)(C)C)C1C(=O)NC(CC1CC1)C(=O)C(N)=O. The Morgan fingerprint density at radius 1 is 1.14 bits per heavy atom. The molecule has 0 bridgehead atoms. The van der Waals surface area contributed by atoms with Crippen LogP contribution in [0.3, 0.4) is 0 Å². The van der Waals surface area contributed by atoms with Gasteiger partial charge < -0.3 is 21.7 Å². The van der Waals surface area contributed by atoms with Crippen molar-refractivity contribution in [3.8, 4) is 0 Å². The zero-order valence-electron chi connectivity index (χ0n) is 18.4. The molecule has 0 aromatic carbocycles. The smallest absolute Gasteiger partial charge is 0.287 e. The van der Waals surface area contributed by atoms with Crippen molar-refractivity contribution < 1.29 is 24.9 Å². The summed E-state index contributed by atoms with van der Waals surface area (Å²) in [5, 5.41) is 2.76. The minimum atomic E-state index is -1.04. The molecule has 4 atom stereocenters. The van der Waals surface area contributed by atoms with Crippen molar-refractivity contribution in [3.63, 3.8) is 0 Å². The fourth-order valence-corrected chi connectivity index (χ4v) is 4.02. The average Bonchev–Trinajstić information content (AvgIpc) is 3.31. The van der Waals surface area contributed by atoms with Gasteiger partial charge in [0.25, 0.3) is 11.8 Å². The zero-order valence-corrected chi connectivity index (χ0v) is 18.4. The van der Waals surface area contributed by atoms with Gasteiger partial charge in [-0.1, -0.05) is 47.5 Å². The van der Waals surface area contributed by atoms with Crippen LogP contribution in [0.5, 0.6) is 0 Å². The predicted octanol–water partition coefficient (Wildman–Crippen LogP) is -0.145. The predicted molar refractivity (Wildman–Crippen MR) is 108 cm³/mol. The monoisotopic (exact) mass is 409 g/mol. The number of hydrogen-bond acceptors (Lipinski definition) is 4. The van der Waals surface area contributed by atoms with E-state index in [1.807, 2.05) is 34.6 Å². The summed E-state index contributed by atoms with van der Waals surface area (Å²) in [5.41, 5.74) is 8.90. The van der Waals surface area contributed by atoms with Gasteiger partial charge in [0, 0.05) is 12.0 Å². The Balaban J connectivity index is 2.23. The molecule has 1 heterocycles. The fourth-order valence-electron chi connectivity index (χ4n) is 4.02. The molecule has 0 aromatic rings. The van der Waals surface area contributed by atoms with Gasteiger partial charge in [0.15, 0.2) is 6.04 Å².